The summed E-state index contributed by atoms with van der Waals surface area (Å²) < 4.78 is 10.4. The molecule has 1 aliphatic rings. The predicted octanol–water partition coefficient (Wildman–Crippen LogP) is 1.49. The molecular weight excluding hydrogens is 218 g/mol. The van der Waals surface area contributed by atoms with E-state index in [9.17, 15) is 4.79 Å². The molecule has 1 aliphatic heterocycles. The molecule has 0 unspecified atom stereocenters. The molecule has 0 saturated carbocycles. The standard InChI is InChI=1S/C13H17NO3/c1-16-11-5-2-4-10(8-11)9-17-13(15)12-6-3-7-14-12/h2,4-5,8,12,14H,3,6-7,9H2,1H3/t12-/m1/s1. The van der Waals surface area contributed by atoms with Gasteiger partial charge in [-0.2, -0.15) is 0 Å². The normalized spacial score (nSPS) is 19.0. The molecule has 0 aliphatic carbocycles. The topological polar surface area (TPSA) is 47.6 Å². The summed E-state index contributed by atoms with van der Waals surface area (Å²) in [4.78, 5) is 11.7. The monoisotopic (exact) mass is 235 g/mol. The largest absolute Gasteiger partial charge is 0.497 e. The Morgan fingerprint density at radius 1 is 1.53 bits per heavy atom. The number of ether oxygens (including phenoxy) is 2. The second kappa shape index (κ2) is 5.68. The molecule has 1 aromatic carbocycles. The van der Waals surface area contributed by atoms with Crippen LogP contribution in [0.15, 0.2) is 24.3 Å². The van der Waals surface area contributed by atoms with Crippen molar-refractivity contribution >= 4 is 5.97 Å². The summed E-state index contributed by atoms with van der Waals surface area (Å²) in [6.07, 6.45) is 1.91. The minimum atomic E-state index is -0.162. The van der Waals surface area contributed by atoms with Crippen molar-refractivity contribution in [2.45, 2.75) is 25.5 Å². The first-order valence-electron chi connectivity index (χ1n) is 5.82. The van der Waals surface area contributed by atoms with Gasteiger partial charge in [-0.25, -0.2) is 0 Å². The van der Waals surface area contributed by atoms with Crippen LogP contribution in [0.5, 0.6) is 5.75 Å². The SMILES string of the molecule is COc1cccc(COC(=O)[C@H]2CCCN2)c1. The van der Waals surface area contributed by atoms with Crippen LogP contribution >= 0.6 is 0 Å². The van der Waals surface area contributed by atoms with E-state index in [1.54, 1.807) is 7.11 Å². The van der Waals surface area contributed by atoms with Gasteiger partial charge in [0.2, 0.25) is 0 Å². The van der Waals surface area contributed by atoms with Crippen molar-refractivity contribution in [2.75, 3.05) is 13.7 Å². The molecule has 0 spiro atoms. The number of hydrogen-bond donors (Lipinski definition) is 1. The Hall–Kier alpha value is -1.55. The van der Waals surface area contributed by atoms with Crippen LogP contribution in [0.4, 0.5) is 0 Å². The van der Waals surface area contributed by atoms with Gasteiger partial charge in [-0.05, 0) is 37.1 Å². The van der Waals surface area contributed by atoms with E-state index in [1.165, 1.54) is 0 Å². The Kier molecular flexibility index (Phi) is 3.98. The van der Waals surface area contributed by atoms with Crippen molar-refractivity contribution in [2.24, 2.45) is 0 Å². The lowest BCUT2D eigenvalue weighted by molar-refractivity contribution is -0.147. The first kappa shape index (κ1) is 11.9. The maximum absolute atomic E-state index is 11.7. The maximum Gasteiger partial charge on any atom is 0.323 e. The molecule has 2 rings (SSSR count). The third-order valence-corrected chi connectivity index (χ3v) is 2.86. The van der Waals surface area contributed by atoms with E-state index in [1.807, 2.05) is 24.3 Å². The number of methoxy groups -OCH3 is 1. The van der Waals surface area contributed by atoms with Crippen LogP contribution in [0.1, 0.15) is 18.4 Å². The highest BCUT2D eigenvalue weighted by Crippen LogP contribution is 2.14. The Labute approximate surface area is 101 Å². The lowest BCUT2D eigenvalue weighted by Gasteiger charge is -2.10. The van der Waals surface area contributed by atoms with Crippen molar-refractivity contribution in [1.82, 2.24) is 5.32 Å². The second-order valence-corrected chi connectivity index (χ2v) is 4.11. The van der Waals surface area contributed by atoms with Crippen molar-refractivity contribution in [3.8, 4) is 5.75 Å². The summed E-state index contributed by atoms with van der Waals surface area (Å²) in [7, 11) is 1.62. The number of hydrogen-bond acceptors (Lipinski definition) is 4. The van der Waals surface area contributed by atoms with Crippen LogP contribution in [0, 0.1) is 0 Å². The number of nitrogens with one attached hydrogen (secondary N) is 1. The zero-order valence-electron chi connectivity index (χ0n) is 9.94. The molecule has 17 heavy (non-hydrogen) atoms. The van der Waals surface area contributed by atoms with Gasteiger partial charge < -0.3 is 14.8 Å². The Balaban J connectivity index is 1.86. The van der Waals surface area contributed by atoms with Gasteiger partial charge in [0.25, 0.3) is 0 Å². The molecule has 1 fully saturated rings. The first-order valence-corrected chi connectivity index (χ1v) is 5.82. The number of carbonyl (C=O) groups is 1. The average molecular weight is 235 g/mol. The summed E-state index contributed by atoms with van der Waals surface area (Å²) in [5.41, 5.74) is 0.940. The minimum Gasteiger partial charge on any atom is -0.497 e. The van der Waals surface area contributed by atoms with E-state index in [2.05, 4.69) is 5.32 Å². The molecule has 4 heteroatoms. The smallest absolute Gasteiger partial charge is 0.323 e. The highest BCUT2D eigenvalue weighted by molar-refractivity contribution is 5.76. The molecule has 4 nitrogen and oxygen atoms in total. The van der Waals surface area contributed by atoms with Crippen molar-refractivity contribution in [3.05, 3.63) is 29.8 Å². The maximum atomic E-state index is 11.7. The molecule has 1 aromatic rings. The average Bonchev–Trinajstić information content (AvgIpc) is 2.90. The minimum absolute atomic E-state index is 0.124. The molecule has 1 atom stereocenters. The van der Waals surface area contributed by atoms with Gasteiger partial charge in [0, 0.05) is 0 Å². The molecule has 0 bridgehead atoms. The fourth-order valence-corrected chi connectivity index (χ4v) is 1.90. The molecule has 1 N–H and O–H groups in total. The molecule has 1 saturated heterocycles. The van der Waals surface area contributed by atoms with Gasteiger partial charge >= 0.3 is 5.97 Å². The summed E-state index contributed by atoms with van der Waals surface area (Å²) in [5, 5.41) is 3.12. The molecule has 0 aromatic heterocycles. The van der Waals surface area contributed by atoms with Crippen LogP contribution in [-0.2, 0) is 16.1 Å². The van der Waals surface area contributed by atoms with E-state index in [0.29, 0.717) is 6.61 Å². The predicted molar refractivity (Wildman–Crippen MR) is 63.8 cm³/mol. The Morgan fingerprint density at radius 3 is 3.12 bits per heavy atom. The number of rotatable bonds is 4. The highest BCUT2D eigenvalue weighted by atomic mass is 16.5. The van der Waals surface area contributed by atoms with Crippen molar-refractivity contribution in [1.29, 1.82) is 0 Å². The van der Waals surface area contributed by atoms with Gasteiger partial charge in [0.05, 0.1) is 7.11 Å². The zero-order chi connectivity index (χ0) is 12.1. The summed E-state index contributed by atoms with van der Waals surface area (Å²) in [6, 6.07) is 7.41. The third kappa shape index (κ3) is 3.20. The van der Waals surface area contributed by atoms with E-state index in [0.717, 1.165) is 30.7 Å². The fraction of sp³-hybridized carbons (Fsp3) is 0.462. The summed E-state index contributed by atoms with van der Waals surface area (Å²) in [6.45, 7) is 1.20. The Morgan fingerprint density at radius 2 is 2.41 bits per heavy atom. The van der Waals surface area contributed by atoms with Crippen molar-refractivity contribution < 1.29 is 14.3 Å². The lowest BCUT2D eigenvalue weighted by atomic mass is 10.2. The van der Waals surface area contributed by atoms with E-state index in [-0.39, 0.29) is 12.0 Å². The number of carbonyl (C=O) groups excluding carboxylic acids is 1. The van der Waals surface area contributed by atoms with Gasteiger partial charge in [0.15, 0.2) is 0 Å². The van der Waals surface area contributed by atoms with Crippen LogP contribution in [0.2, 0.25) is 0 Å². The van der Waals surface area contributed by atoms with Crippen LogP contribution in [0.3, 0.4) is 0 Å². The Bertz CT molecular complexity index is 386. The van der Waals surface area contributed by atoms with Crippen LogP contribution in [-0.4, -0.2) is 25.7 Å². The highest BCUT2D eigenvalue weighted by Gasteiger charge is 2.23. The van der Waals surface area contributed by atoms with Gasteiger partial charge in [0.1, 0.15) is 18.4 Å². The quantitative estimate of drug-likeness (QED) is 0.803. The first-order chi connectivity index (χ1) is 8.29. The molecule has 0 radical (unpaired) electrons. The van der Waals surface area contributed by atoms with Crippen molar-refractivity contribution in [3.63, 3.8) is 0 Å². The summed E-state index contributed by atoms with van der Waals surface area (Å²) in [5.74, 6) is 0.614. The number of esters is 1. The zero-order valence-corrected chi connectivity index (χ0v) is 9.94. The van der Waals surface area contributed by atoms with Gasteiger partial charge in [-0.3, -0.25) is 4.79 Å². The summed E-state index contributed by atoms with van der Waals surface area (Å²) >= 11 is 0. The fourth-order valence-electron chi connectivity index (χ4n) is 1.90. The molecule has 0 amide bonds. The van der Waals surface area contributed by atoms with E-state index >= 15 is 0 Å². The number of benzene rings is 1. The molecular formula is C13H17NO3. The van der Waals surface area contributed by atoms with E-state index < -0.39 is 0 Å². The van der Waals surface area contributed by atoms with Crippen LogP contribution in [0.25, 0.3) is 0 Å². The van der Waals surface area contributed by atoms with Gasteiger partial charge in [-0.15, -0.1) is 0 Å². The van der Waals surface area contributed by atoms with E-state index in [4.69, 9.17) is 9.47 Å². The molecule has 92 valence electrons. The third-order valence-electron chi connectivity index (χ3n) is 2.86. The molecule has 1 heterocycles. The second-order valence-electron chi connectivity index (χ2n) is 4.11. The van der Waals surface area contributed by atoms with Gasteiger partial charge in [-0.1, -0.05) is 12.1 Å². The lowest BCUT2D eigenvalue weighted by Crippen LogP contribution is -2.32. The van der Waals surface area contributed by atoms with Crippen LogP contribution < -0.4 is 10.1 Å².